The van der Waals surface area contributed by atoms with Crippen molar-refractivity contribution in [1.82, 2.24) is 0 Å². The molecule has 23 heavy (non-hydrogen) atoms. The Hall–Kier alpha value is -2.98. The fraction of sp³-hybridized carbons (Fsp3) is 0.263. The minimum atomic E-state index is 0.0755. The average Bonchev–Trinajstić information content (AvgIpc) is 2.80. The van der Waals surface area contributed by atoms with E-state index in [9.17, 15) is 10.5 Å². The van der Waals surface area contributed by atoms with Crippen molar-refractivity contribution in [3.63, 3.8) is 0 Å². The molecule has 0 N–H and O–H groups in total. The molecule has 1 heterocycles. The molecule has 0 unspecified atom stereocenters. The molecule has 0 aliphatic carbocycles. The van der Waals surface area contributed by atoms with Crippen molar-refractivity contribution in [1.29, 1.82) is 10.5 Å². The molecule has 0 spiro atoms. The maximum atomic E-state index is 9.53. The molecule has 114 valence electrons. The first-order valence-corrected chi connectivity index (χ1v) is 7.56. The Labute approximate surface area is 136 Å². The molecule has 0 radical (unpaired) electrons. The van der Waals surface area contributed by atoms with Gasteiger partial charge in [-0.15, -0.1) is 0 Å². The van der Waals surface area contributed by atoms with E-state index in [1.54, 1.807) is 6.07 Å². The van der Waals surface area contributed by atoms with Crippen molar-refractivity contribution in [2.75, 3.05) is 16.8 Å². The molecule has 0 amide bonds. The molecule has 0 aromatic heterocycles. The van der Waals surface area contributed by atoms with Crippen LogP contribution >= 0.6 is 0 Å². The highest BCUT2D eigenvalue weighted by Gasteiger charge is 2.35. The second-order valence-electron chi connectivity index (χ2n) is 5.98. The van der Waals surface area contributed by atoms with Gasteiger partial charge in [0.05, 0.1) is 22.5 Å². The van der Waals surface area contributed by atoms with Crippen molar-refractivity contribution in [3.8, 4) is 12.1 Å². The van der Waals surface area contributed by atoms with Gasteiger partial charge in [-0.05, 0) is 50.1 Å². The summed E-state index contributed by atoms with van der Waals surface area (Å²) in [5, 5.41) is 18.8. The quantitative estimate of drug-likeness (QED) is 0.799. The normalized spacial score (nSPS) is 16.0. The van der Waals surface area contributed by atoms with E-state index in [2.05, 4.69) is 60.9 Å². The maximum Gasteiger partial charge on any atom is 0.103 e. The Morgan fingerprint density at radius 2 is 1.74 bits per heavy atom. The summed E-state index contributed by atoms with van der Waals surface area (Å²) in [6.07, 6.45) is 0.0755. The third-order valence-corrected chi connectivity index (χ3v) is 4.56. The van der Waals surface area contributed by atoms with E-state index < -0.39 is 0 Å². The van der Waals surface area contributed by atoms with Crippen LogP contribution in [0.1, 0.15) is 29.2 Å². The molecule has 2 aromatic rings. The van der Waals surface area contributed by atoms with E-state index in [1.807, 2.05) is 13.1 Å². The Kier molecular flexibility index (Phi) is 3.47. The van der Waals surface area contributed by atoms with Gasteiger partial charge in [0, 0.05) is 12.7 Å². The maximum absolute atomic E-state index is 9.53. The molecular formula is C19H18N4. The average molecular weight is 302 g/mol. The number of nitrogens with zero attached hydrogens (tertiary/aromatic N) is 4. The lowest BCUT2D eigenvalue weighted by Crippen LogP contribution is -2.36. The molecule has 4 nitrogen and oxygen atoms in total. The number of fused-ring (bicyclic) bond motifs is 1. The van der Waals surface area contributed by atoms with Crippen molar-refractivity contribution >= 4 is 17.1 Å². The van der Waals surface area contributed by atoms with Crippen LogP contribution in [0.3, 0.4) is 0 Å². The molecule has 0 saturated heterocycles. The summed E-state index contributed by atoms with van der Waals surface area (Å²) in [6, 6.07) is 14.4. The first kappa shape index (κ1) is 14.9. The fourth-order valence-corrected chi connectivity index (χ4v) is 3.21. The smallest absolute Gasteiger partial charge is 0.103 e. The van der Waals surface area contributed by atoms with Crippen LogP contribution in [0.25, 0.3) is 0 Å². The molecular weight excluding hydrogens is 284 g/mol. The van der Waals surface area contributed by atoms with E-state index in [1.165, 1.54) is 11.1 Å². The van der Waals surface area contributed by atoms with E-state index >= 15 is 0 Å². The summed E-state index contributed by atoms with van der Waals surface area (Å²) in [4.78, 5) is 4.30. The second-order valence-corrected chi connectivity index (χ2v) is 5.98. The first-order valence-electron chi connectivity index (χ1n) is 7.56. The van der Waals surface area contributed by atoms with E-state index in [0.717, 1.165) is 17.1 Å². The van der Waals surface area contributed by atoms with Crippen molar-refractivity contribution in [2.24, 2.45) is 0 Å². The molecule has 1 aliphatic heterocycles. The van der Waals surface area contributed by atoms with Gasteiger partial charge in [-0.1, -0.05) is 12.1 Å². The SMILES string of the molecule is Cc1ccc(C)c(N2c3ccc(C#N)c(C#N)c3N(C)[C@@H]2C)c1. The summed E-state index contributed by atoms with van der Waals surface area (Å²) in [6.45, 7) is 6.27. The number of hydrogen-bond acceptors (Lipinski definition) is 4. The predicted octanol–water partition coefficient (Wildman–Crippen LogP) is 3.98. The molecule has 1 aliphatic rings. The standard InChI is InChI=1S/C19H18N4/c1-12-5-6-13(2)18(9-12)23-14(3)22(4)19-16(11-21)15(10-20)7-8-17(19)23/h5-9,14H,1-4H3/t14-/m0/s1. The fourth-order valence-electron chi connectivity index (χ4n) is 3.21. The van der Waals surface area contributed by atoms with Crippen LogP contribution in [0.2, 0.25) is 0 Å². The minimum absolute atomic E-state index is 0.0755. The van der Waals surface area contributed by atoms with Gasteiger partial charge in [-0.2, -0.15) is 10.5 Å². The van der Waals surface area contributed by atoms with Crippen LogP contribution < -0.4 is 9.80 Å². The third-order valence-electron chi connectivity index (χ3n) is 4.56. The summed E-state index contributed by atoms with van der Waals surface area (Å²) in [5.74, 6) is 0. The van der Waals surface area contributed by atoms with Crippen molar-refractivity contribution in [2.45, 2.75) is 26.9 Å². The van der Waals surface area contributed by atoms with Gasteiger partial charge in [0.15, 0.2) is 0 Å². The van der Waals surface area contributed by atoms with Crippen LogP contribution in [0, 0.1) is 36.5 Å². The Morgan fingerprint density at radius 3 is 2.39 bits per heavy atom. The second kappa shape index (κ2) is 5.34. The number of anilines is 3. The summed E-state index contributed by atoms with van der Waals surface area (Å²) < 4.78 is 0. The molecule has 4 heteroatoms. The molecule has 0 saturated carbocycles. The van der Waals surface area contributed by atoms with Crippen LogP contribution in [0.5, 0.6) is 0 Å². The van der Waals surface area contributed by atoms with Gasteiger partial charge in [0.2, 0.25) is 0 Å². The zero-order valence-electron chi connectivity index (χ0n) is 13.8. The van der Waals surface area contributed by atoms with Gasteiger partial charge < -0.3 is 9.80 Å². The number of nitriles is 2. The molecule has 0 fully saturated rings. The van der Waals surface area contributed by atoms with E-state index in [4.69, 9.17) is 0 Å². The lowest BCUT2D eigenvalue weighted by Gasteiger charge is -2.29. The first-order chi connectivity index (χ1) is 11.0. The highest BCUT2D eigenvalue weighted by Crippen LogP contribution is 2.46. The predicted molar refractivity (Wildman–Crippen MR) is 91.8 cm³/mol. The van der Waals surface area contributed by atoms with Gasteiger partial charge in [0.25, 0.3) is 0 Å². The summed E-state index contributed by atoms with van der Waals surface area (Å²) >= 11 is 0. The molecule has 3 rings (SSSR count). The lowest BCUT2D eigenvalue weighted by molar-refractivity contribution is 0.732. The van der Waals surface area contributed by atoms with Crippen LogP contribution in [-0.2, 0) is 0 Å². The van der Waals surface area contributed by atoms with Crippen molar-refractivity contribution < 1.29 is 0 Å². The van der Waals surface area contributed by atoms with Crippen LogP contribution in [0.4, 0.5) is 17.1 Å². The zero-order valence-corrected chi connectivity index (χ0v) is 13.8. The summed E-state index contributed by atoms with van der Waals surface area (Å²) in [7, 11) is 1.97. The highest BCUT2D eigenvalue weighted by molar-refractivity contribution is 5.89. The monoisotopic (exact) mass is 302 g/mol. The Balaban J connectivity index is 2.28. The van der Waals surface area contributed by atoms with Crippen molar-refractivity contribution in [3.05, 3.63) is 52.6 Å². The topological polar surface area (TPSA) is 54.1 Å². The molecule has 0 bridgehead atoms. The third kappa shape index (κ3) is 2.12. The highest BCUT2D eigenvalue weighted by atomic mass is 15.4. The largest absolute Gasteiger partial charge is 0.351 e. The molecule has 2 aromatic carbocycles. The van der Waals surface area contributed by atoms with Crippen LogP contribution in [0.15, 0.2) is 30.3 Å². The molecule has 1 atom stereocenters. The van der Waals surface area contributed by atoms with Gasteiger partial charge >= 0.3 is 0 Å². The van der Waals surface area contributed by atoms with E-state index in [0.29, 0.717) is 11.1 Å². The Bertz CT molecular complexity index is 870. The summed E-state index contributed by atoms with van der Waals surface area (Å²) in [5.41, 5.74) is 6.20. The Morgan fingerprint density at radius 1 is 1.00 bits per heavy atom. The number of hydrogen-bond donors (Lipinski definition) is 0. The number of benzene rings is 2. The zero-order chi connectivity index (χ0) is 16.7. The van der Waals surface area contributed by atoms with Gasteiger partial charge in [-0.3, -0.25) is 0 Å². The van der Waals surface area contributed by atoms with Crippen LogP contribution in [-0.4, -0.2) is 13.2 Å². The van der Waals surface area contributed by atoms with Gasteiger partial charge in [-0.25, -0.2) is 0 Å². The van der Waals surface area contributed by atoms with Gasteiger partial charge in [0.1, 0.15) is 18.3 Å². The number of aryl methyl sites for hydroxylation is 2. The van der Waals surface area contributed by atoms with E-state index in [-0.39, 0.29) is 6.17 Å². The lowest BCUT2D eigenvalue weighted by atomic mass is 10.0. The number of rotatable bonds is 1. The minimum Gasteiger partial charge on any atom is -0.351 e.